The molecule has 0 bridgehead atoms. The van der Waals surface area contributed by atoms with Gasteiger partial charge >= 0.3 is 0 Å². The van der Waals surface area contributed by atoms with Crippen LogP contribution in [0.2, 0.25) is 0 Å². The fraction of sp³-hybridized carbons (Fsp3) is 0.467. The monoisotopic (exact) mass is 278 g/mol. The molecule has 3 nitrogen and oxygen atoms in total. The fourth-order valence-corrected chi connectivity index (χ4v) is 3.02. The van der Waals surface area contributed by atoms with Crippen molar-refractivity contribution in [3.05, 3.63) is 24.4 Å². The van der Waals surface area contributed by atoms with Crippen LogP contribution in [0.4, 0.5) is 5.69 Å². The molecule has 4 heteroatoms. The van der Waals surface area contributed by atoms with Gasteiger partial charge in [-0.05, 0) is 30.4 Å². The van der Waals surface area contributed by atoms with E-state index < -0.39 is 0 Å². The van der Waals surface area contributed by atoms with Gasteiger partial charge < -0.3 is 15.0 Å². The second-order valence-electron chi connectivity index (χ2n) is 4.51. The highest BCUT2D eigenvalue weighted by Crippen LogP contribution is 2.31. The summed E-state index contributed by atoms with van der Waals surface area (Å²) in [6.07, 6.45) is 3.19. The normalized spacial score (nSPS) is 11.3. The van der Waals surface area contributed by atoms with Crippen molar-refractivity contribution < 1.29 is 4.74 Å². The predicted molar refractivity (Wildman–Crippen MR) is 83.9 cm³/mol. The summed E-state index contributed by atoms with van der Waals surface area (Å²) in [4.78, 5) is 1.27. The van der Waals surface area contributed by atoms with Gasteiger partial charge in [-0.1, -0.05) is 13.8 Å². The molecule has 0 saturated heterocycles. The maximum Gasteiger partial charge on any atom is 0.0645 e. The Morgan fingerprint density at radius 2 is 2.11 bits per heavy atom. The molecule has 104 valence electrons. The molecule has 0 atom stereocenters. The molecule has 0 aliphatic carbocycles. The quantitative estimate of drug-likeness (QED) is 0.476. The fourth-order valence-electron chi connectivity index (χ4n) is 2.16. The highest BCUT2D eigenvalue weighted by atomic mass is 32.2. The van der Waals surface area contributed by atoms with Crippen molar-refractivity contribution in [1.82, 2.24) is 4.57 Å². The molecule has 0 saturated carbocycles. The summed E-state index contributed by atoms with van der Waals surface area (Å²) in [6, 6.07) is 6.29. The Labute approximate surface area is 119 Å². The molecule has 1 aromatic carbocycles. The molecule has 0 unspecified atom stereocenters. The third-order valence-corrected chi connectivity index (χ3v) is 3.94. The minimum Gasteiger partial charge on any atom is -0.399 e. The number of benzene rings is 1. The third kappa shape index (κ3) is 3.45. The Morgan fingerprint density at radius 1 is 1.26 bits per heavy atom. The van der Waals surface area contributed by atoms with Crippen molar-refractivity contribution >= 4 is 28.4 Å². The van der Waals surface area contributed by atoms with E-state index in [1.807, 2.05) is 11.8 Å². The summed E-state index contributed by atoms with van der Waals surface area (Å²) in [6.45, 7) is 6.75. The average Bonchev–Trinajstić information content (AvgIpc) is 2.78. The molecule has 1 heterocycles. The molecule has 0 aliphatic heterocycles. The number of hydrogen-bond acceptors (Lipinski definition) is 3. The molecule has 0 fully saturated rings. The van der Waals surface area contributed by atoms with Gasteiger partial charge in [-0.15, -0.1) is 11.8 Å². The number of hydrogen-bond donors (Lipinski definition) is 1. The van der Waals surface area contributed by atoms with E-state index in [0.29, 0.717) is 0 Å². The molecule has 19 heavy (non-hydrogen) atoms. The summed E-state index contributed by atoms with van der Waals surface area (Å²) >= 11 is 1.84. The summed E-state index contributed by atoms with van der Waals surface area (Å²) in [5, 5.41) is 1.29. The van der Waals surface area contributed by atoms with Gasteiger partial charge in [0.2, 0.25) is 0 Å². The van der Waals surface area contributed by atoms with Crippen LogP contribution in [0.1, 0.15) is 20.3 Å². The largest absolute Gasteiger partial charge is 0.399 e. The van der Waals surface area contributed by atoms with Crippen LogP contribution < -0.4 is 5.73 Å². The molecule has 0 aliphatic rings. The zero-order chi connectivity index (χ0) is 13.7. The number of nitrogens with two attached hydrogens (primary N) is 1. The lowest BCUT2D eigenvalue weighted by molar-refractivity contribution is 0.127. The van der Waals surface area contributed by atoms with Crippen LogP contribution in [0.3, 0.4) is 0 Å². The predicted octanol–water partition coefficient (Wildman–Crippen LogP) is 3.76. The van der Waals surface area contributed by atoms with Crippen molar-refractivity contribution in [3.63, 3.8) is 0 Å². The van der Waals surface area contributed by atoms with Crippen LogP contribution in [-0.2, 0) is 11.3 Å². The van der Waals surface area contributed by atoms with Gasteiger partial charge in [0.15, 0.2) is 0 Å². The number of thioether (sulfide) groups is 1. The number of fused-ring (bicyclic) bond motifs is 1. The Balaban J connectivity index is 2.21. The number of rotatable bonds is 7. The maximum absolute atomic E-state index is 6.00. The lowest BCUT2D eigenvalue weighted by Gasteiger charge is -2.08. The van der Waals surface area contributed by atoms with Crippen LogP contribution >= 0.6 is 11.8 Å². The first-order valence-electron chi connectivity index (χ1n) is 6.85. The molecular weight excluding hydrogens is 256 g/mol. The van der Waals surface area contributed by atoms with Crippen molar-refractivity contribution in [3.8, 4) is 0 Å². The molecule has 2 N–H and O–H groups in total. The van der Waals surface area contributed by atoms with Crippen molar-refractivity contribution in [2.24, 2.45) is 0 Å². The van der Waals surface area contributed by atoms with Gasteiger partial charge in [0.05, 0.1) is 12.1 Å². The van der Waals surface area contributed by atoms with E-state index in [2.05, 4.69) is 42.8 Å². The van der Waals surface area contributed by atoms with E-state index in [0.717, 1.165) is 37.6 Å². The van der Waals surface area contributed by atoms with E-state index in [9.17, 15) is 0 Å². The van der Waals surface area contributed by atoms with Crippen LogP contribution in [0, 0.1) is 0 Å². The summed E-state index contributed by atoms with van der Waals surface area (Å²) in [5.74, 6) is 1.06. The number of nitrogens with zero attached hydrogens (tertiary/aromatic N) is 1. The second-order valence-corrected chi connectivity index (χ2v) is 5.81. The van der Waals surface area contributed by atoms with Gasteiger partial charge in [0.1, 0.15) is 0 Å². The average molecular weight is 278 g/mol. The minimum atomic E-state index is 0.753. The summed E-state index contributed by atoms with van der Waals surface area (Å²) < 4.78 is 7.78. The SMILES string of the molecule is CCCOCCn1ccc2c(SCC)cc(N)cc21. The van der Waals surface area contributed by atoms with Crippen LogP contribution in [0.15, 0.2) is 29.3 Å². The van der Waals surface area contributed by atoms with Crippen LogP contribution in [0.25, 0.3) is 10.9 Å². The smallest absolute Gasteiger partial charge is 0.0645 e. The number of ether oxygens (including phenoxy) is 1. The lowest BCUT2D eigenvalue weighted by Crippen LogP contribution is -2.05. The molecular formula is C15H22N2OS. The minimum absolute atomic E-state index is 0.753. The first-order valence-corrected chi connectivity index (χ1v) is 7.83. The van der Waals surface area contributed by atoms with Crippen molar-refractivity contribution in [2.75, 3.05) is 24.7 Å². The summed E-state index contributed by atoms with van der Waals surface area (Å²) in [7, 11) is 0. The van der Waals surface area contributed by atoms with Gasteiger partial charge in [-0.3, -0.25) is 0 Å². The van der Waals surface area contributed by atoms with Crippen molar-refractivity contribution in [1.29, 1.82) is 0 Å². The van der Waals surface area contributed by atoms with E-state index in [1.54, 1.807) is 0 Å². The highest BCUT2D eigenvalue weighted by molar-refractivity contribution is 7.99. The third-order valence-electron chi connectivity index (χ3n) is 3.00. The highest BCUT2D eigenvalue weighted by Gasteiger charge is 2.07. The van der Waals surface area contributed by atoms with E-state index in [4.69, 9.17) is 10.5 Å². The standard InChI is InChI=1S/C15H22N2OS/c1-3-8-18-9-7-17-6-5-13-14(17)10-12(16)11-15(13)19-4-2/h5-6,10-11H,3-4,7-9,16H2,1-2H3. The topological polar surface area (TPSA) is 40.2 Å². The van der Waals surface area contributed by atoms with E-state index in [-0.39, 0.29) is 0 Å². The van der Waals surface area contributed by atoms with Crippen LogP contribution in [0.5, 0.6) is 0 Å². The second kappa shape index (κ2) is 6.87. The van der Waals surface area contributed by atoms with Gasteiger partial charge in [-0.2, -0.15) is 0 Å². The Kier molecular flexibility index (Phi) is 5.16. The lowest BCUT2D eigenvalue weighted by atomic mass is 10.2. The zero-order valence-corrected chi connectivity index (χ0v) is 12.5. The first-order chi connectivity index (χ1) is 9.26. The van der Waals surface area contributed by atoms with Gasteiger partial charge in [-0.25, -0.2) is 0 Å². The number of aromatic nitrogens is 1. The van der Waals surface area contributed by atoms with Gasteiger partial charge in [0, 0.05) is 35.3 Å². The molecule has 1 aromatic heterocycles. The summed E-state index contributed by atoms with van der Waals surface area (Å²) in [5.41, 5.74) is 8.04. The van der Waals surface area contributed by atoms with Gasteiger partial charge in [0.25, 0.3) is 0 Å². The maximum atomic E-state index is 6.00. The van der Waals surface area contributed by atoms with E-state index >= 15 is 0 Å². The first kappa shape index (κ1) is 14.3. The number of nitrogen functional groups attached to an aromatic ring is 1. The molecule has 2 rings (SSSR count). The molecule has 2 aromatic rings. The Bertz CT molecular complexity index is 536. The van der Waals surface area contributed by atoms with Crippen LogP contribution in [-0.4, -0.2) is 23.5 Å². The Hall–Kier alpha value is -1.13. The zero-order valence-electron chi connectivity index (χ0n) is 11.7. The van der Waals surface area contributed by atoms with Crippen molar-refractivity contribution in [2.45, 2.75) is 31.7 Å². The Morgan fingerprint density at radius 3 is 2.84 bits per heavy atom. The molecule has 0 radical (unpaired) electrons. The van der Waals surface area contributed by atoms with E-state index in [1.165, 1.54) is 15.8 Å². The molecule has 0 amide bonds. The molecule has 0 spiro atoms. The number of anilines is 1.